The molecule has 4 rings (SSSR count). The van der Waals surface area contributed by atoms with E-state index in [-0.39, 0.29) is 17.4 Å². The number of amides is 1. The van der Waals surface area contributed by atoms with E-state index >= 15 is 0 Å². The van der Waals surface area contributed by atoms with E-state index in [4.69, 9.17) is 21.1 Å². The van der Waals surface area contributed by atoms with Crippen LogP contribution in [0.15, 0.2) is 60.7 Å². The van der Waals surface area contributed by atoms with E-state index in [1.165, 1.54) is 5.56 Å². The van der Waals surface area contributed by atoms with E-state index in [1.807, 2.05) is 65.6 Å². The van der Waals surface area contributed by atoms with E-state index in [0.29, 0.717) is 28.6 Å². The highest BCUT2D eigenvalue weighted by atomic mass is 35.5. The number of carbonyl (C=O) groups excluding carboxylic acids is 1. The second kappa shape index (κ2) is 9.11. The average molecular weight is 464 g/mol. The van der Waals surface area contributed by atoms with Gasteiger partial charge in [-0.05, 0) is 64.4 Å². The van der Waals surface area contributed by atoms with Gasteiger partial charge in [-0.25, -0.2) is 0 Å². The summed E-state index contributed by atoms with van der Waals surface area (Å²) in [6.07, 6.45) is 0.725. The molecule has 1 aliphatic rings. The molecule has 0 N–H and O–H groups in total. The molecular weight excluding hydrogens is 434 g/mol. The van der Waals surface area contributed by atoms with Crippen LogP contribution in [0, 0.1) is 0 Å². The summed E-state index contributed by atoms with van der Waals surface area (Å²) in [4.78, 5) is 15.7. The zero-order valence-electron chi connectivity index (χ0n) is 19.8. The molecule has 1 aliphatic heterocycles. The molecule has 0 radical (unpaired) electrons. The second-order valence-electron chi connectivity index (χ2n) is 9.41. The number of halogens is 1. The van der Waals surface area contributed by atoms with Gasteiger partial charge in [-0.3, -0.25) is 4.79 Å². The van der Waals surface area contributed by atoms with Crippen molar-refractivity contribution in [1.29, 1.82) is 0 Å². The van der Waals surface area contributed by atoms with Gasteiger partial charge in [0, 0.05) is 17.1 Å². The van der Waals surface area contributed by atoms with Gasteiger partial charge < -0.3 is 14.4 Å². The maximum Gasteiger partial charge on any atom is 0.254 e. The molecule has 0 saturated carbocycles. The molecule has 0 bridgehead atoms. The van der Waals surface area contributed by atoms with Gasteiger partial charge in [0.25, 0.3) is 5.91 Å². The van der Waals surface area contributed by atoms with Crippen molar-refractivity contribution < 1.29 is 14.3 Å². The van der Waals surface area contributed by atoms with Gasteiger partial charge in [0.2, 0.25) is 0 Å². The van der Waals surface area contributed by atoms with Crippen molar-refractivity contribution in [2.45, 2.75) is 38.6 Å². The van der Waals surface area contributed by atoms with Crippen molar-refractivity contribution in [3.8, 4) is 11.5 Å². The summed E-state index contributed by atoms with van der Waals surface area (Å²) in [6, 6.07) is 19.3. The van der Waals surface area contributed by atoms with Crippen LogP contribution in [-0.2, 0) is 11.8 Å². The van der Waals surface area contributed by atoms with Gasteiger partial charge in [-0.1, -0.05) is 62.7 Å². The lowest BCUT2D eigenvalue weighted by molar-refractivity contribution is 0.0694. The van der Waals surface area contributed by atoms with Crippen LogP contribution in [-0.4, -0.2) is 31.6 Å². The first-order valence-electron chi connectivity index (χ1n) is 11.2. The van der Waals surface area contributed by atoms with E-state index in [1.54, 1.807) is 14.2 Å². The Morgan fingerprint density at radius 2 is 1.58 bits per heavy atom. The third kappa shape index (κ3) is 4.45. The minimum absolute atomic E-state index is 0.0131. The Bertz CT molecular complexity index is 1160. The fraction of sp³-hybridized carbons (Fsp3) is 0.321. The fourth-order valence-electron chi connectivity index (χ4n) is 4.48. The molecule has 3 aromatic carbocycles. The normalized spacial score (nSPS) is 15.7. The molecule has 5 heteroatoms. The van der Waals surface area contributed by atoms with Crippen molar-refractivity contribution >= 4 is 17.5 Å². The average Bonchev–Trinajstić information content (AvgIpc) is 2.82. The van der Waals surface area contributed by atoms with Gasteiger partial charge in [0.05, 0.1) is 20.3 Å². The van der Waals surface area contributed by atoms with Gasteiger partial charge in [0.1, 0.15) is 0 Å². The lowest BCUT2D eigenvalue weighted by atomic mass is 9.85. The summed E-state index contributed by atoms with van der Waals surface area (Å²) in [7, 11) is 3.26. The van der Waals surface area contributed by atoms with Crippen LogP contribution >= 0.6 is 11.6 Å². The first-order valence-corrected chi connectivity index (χ1v) is 11.5. The predicted molar refractivity (Wildman–Crippen MR) is 133 cm³/mol. The van der Waals surface area contributed by atoms with Gasteiger partial charge >= 0.3 is 0 Å². The van der Waals surface area contributed by atoms with Crippen molar-refractivity contribution in [3.05, 3.63) is 93.5 Å². The molecule has 1 atom stereocenters. The number of carbonyl (C=O) groups is 1. The number of benzene rings is 3. The Kier molecular flexibility index (Phi) is 6.40. The Hall–Kier alpha value is -2.98. The quantitative estimate of drug-likeness (QED) is 0.446. The molecule has 0 aromatic heterocycles. The topological polar surface area (TPSA) is 38.8 Å². The molecule has 3 aromatic rings. The van der Waals surface area contributed by atoms with Crippen LogP contribution in [0.25, 0.3) is 0 Å². The molecule has 4 nitrogen and oxygen atoms in total. The first kappa shape index (κ1) is 23.2. The number of fused-ring (bicyclic) bond motifs is 1. The zero-order chi connectivity index (χ0) is 23.8. The highest BCUT2D eigenvalue weighted by Crippen LogP contribution is 2.43. The third-order valence-corrected chi connectivity index (χ3v) is 6.68. The standard InChI is InChI=1S/C28H30ClNO3/c1-28(2,3)20-12-10-18(11-13-20)27(31)30-15-14-19-16-24(32-4)25(33-5)17-22(19)26(30)21-8-6-7-9-23(21)29/h6-13,16-17,26H,14-15H2,1-5H3. The van der Waals surface area contributed by atoms with Crippen LogP contribution in [0.2, 0.25) is 5.02 Å². The summed E-state index contributed by atoms with van der Waals surface area (Å²) >= 11 is 6.65. The van der Waals surface area contributed by atoms with Crippen LogP contribution in [0.1, 0.15) is 59.4 Å². The summed E-state index contributed by atoms with van der Waals surface area (Å²) in [5, 5.41) is 0.631. The predicted octanol–water partition coefficient (Wildman–Crippen LogP) is 6.44. The van der Waals surface area contributed by atoms with Gasteiger partial charge in [0.15, 0.2) is 11.5 Å². The van der Waals surface area contributed by atoms with Gasteiger partial charge in [-0.2, -0.15) is 0 Å². The maximum atomic E-state index is 13.8. The highest BCUT2D eigenvalue weighted by Gasteiger charge is 2.35. The molecule has 1 unspecified atom stereocenters. The molecule has 0 aliphatic carbocycles. The summed E-state index contributed by atoms with van der Waals surface area (Å²) in [5.74, 6) is 1.31. The minimum atomic E-state index is -0.322. The van der Waals surface area contributed by atoms with Crippen LogP contribution in [0.3, 0.4) is 0 Å². The van der Waals surface area contributed by atoms with E-state index in [9.17, 15) is 4.79 Å². The Morgan fingerprint density at radius 1 is 0.939 bits per heavy atom. The van der Waals surface area contributed by atoms with Crippen molar-refractivity contribution in [3.63, 3.8) is 0 Å². The number of ether oxygens (including phenoxy) is 2. The Labute approximate surface area is 201 Å². The minimum Gasteiger partial charge on any atom is -0.493 e. The first-order chi connectivity index (χ1) is 15.7. The molecule has 0 fully saturated rings. The lowest BCUT2D eigenvalue weighted by Gasteiger charge is -2.38. The fourth-order valence-corrected chi connectivity index (χ4v) is 4.71. The number of hydrogen-bond acceptors (Lipinski definition) is 3. The van der Waals surface area contributed by atoms with Crippen LogP contribution in [0.5, 0.6) is 11.5 Å². The van der Waals surface area contributed by atoms with Crippen LogP contribution < -0.4 is 9.47 Å². The molecule has 1 heterocycles. The van der Waals surface area contributed by atoms with Crippen molar-refractivity contribution in [2.24, 2.45) is 0 Å². The molecule has 0 saturated heterocycles. The third-order valence-electron chi connectivity index (χ3n) is 6.33. The Morgan fingerprint density at radius 3 is 2.18 bits per heavy atom. The monoisotopic (exact) mass is 463 g/mol. The van der Waals surface area contributed by atoms with E-state index in [2.05, 4.69) is 20.8 Å². The lowest BCUT2D eigenvalue weighted by Crippen LogP contribution is -2.40. The number of methoxy groups -OCH3 is 2. The molecule has 1 amide bonds. The van der Waals surface area contributed by atoms with Crippen LogP contribution in [0.4, 0.5) is 0 Å². The number of rotatable bonds is 4. The smallest absolute Gasteiger partial charge is 0.254 e. The molecular formula is C28H30ClNO3. The molecule has 33 heavy (non-hydrogen) atoms. The Balaban J connectivity index is 1.81. The van der Waals surface area contributed by atoms with Crippen molar-refractivity contribution in [2.75, 3.05) is 20.8 Å². The van der Waals surface area contributed by atoms with Gasteiger partial charge in [-0.15, -0.1) is 0 Å². The summed E-state index contributed by atoms with van der Waals surface area (Å²) in [5.41, 5.74) is 4.93. The summed E-state index contributed by atoms with van der Waals surface area (Å²) < 4.78 is 11.1. The zero-order valence-corrected chi connectivity index (χ0v) is 20.6. The summed E-state index contributed by atoms with van der Waals surface area (Å²) in [6.45, 7) is 7.08. The molecule has 0 spiro atoms. The highest BCUT2D eigenvalue weighted by molar-refractivity contribution is 6.31. The molecule has 172 valence electrons. The largest absolute Gasteiger partial charge is 0.493 e. The van der Waals surface area contributed by atoms with E-state index < -0.39 is 0 Å². The second-order valence-corrected chi connectivity index (χ2v) is 9.81. The SMILES string of the molecule is COc1cc2c(cc1OC)C(c1ccccc1Cl)N(C(=O)c1ccc(C(C)(C)C)cc1)CC2. The number of hydrogen-bond donors (Lipinski definition) is 0. The van der Waals surface area contributed by atoms with E-state index in [0.717, 1.165) is 23.1 Å². The maximum absolute atomic E-state index is 13.8. The van der Waals surface area contributed by atoms with Crippen molar-refractivity contribution in [1.82, 2.24) is 4.90 Å². The number of nitrogens with zero attached hydrogens (tertiary/aromatic N) is 1.